The van der Waals surface area contributed by atoms with E-state index < -0.39 is 0 Å². The van der Waals surface area contributed by atoms with Gasteiger partial charge in [-0.05, 0) is 44.2 Å². The van der Waals surface area contributed by atoms with E-state index in [0.717, 1.165) is 60.8 Å². The summed E-state index contributed by atoms with van der Waals surface area (Å²) in [6.45, 7) is 4.50. The highest BCUT2D eigenvalue weighted by molar-refractivity contribution is 5.64. The fourth-order valence-corrected chi connectivity index (χ4v) is 3.60. The van der Waals surface area contributed by atoms with Gasteiger partial charge in [-0.15, -0.1) is 0 Å². The average Bonchev–Trinajstić information content (AvgIpc) is 3.33. The summed E-state index contributed by atoms with van der Waals surface area (Å²) in [5.41, 5.74) is 3.91. The molecule has 0 N–H and O–H groups in total. The van der Waals surface area contributed by atoms with Crippen LogP contribution < -0.4 is 0 Å². The topological polar surface area (TPSA) is 42.2 Å². The molecule has 4 rings (SSSR count). The molecular weight excluding hydrogens is 341 g/mol. The number of aryl methyl sites for hydroxylation is 1. The second kappa shape index (κ2) is 8.01. The van der Waals surface area contributed by atoms with E-state index in [-0.39, 0.29) is 12.6 Å². The lowest BCUT2D eigenvalue weighted by Gasteiger charge is -2.14. The number of alkyl halides is 1. The molecule has 0 saturated carbocycles. The van der Waals surface area contributed by atoms with Gasteiger partial charge in [0.2, 0.25) is 5.89 Å². The number of likely N-dealkylation sites (tertiary alicyclic amines) is 1. The molecule has 27 heavy (non-hydrogen) atoms. The summed E-state index contributed by atoms with van der Waals surface area (Å²) in [6.07, 6.45) is 3.56. The van der Waals surface area contributed by atoms with Gasteiger partial charge in [-0.2, -0.15) is 0 Å². The van der Waals surface area contributed by atoms with Crippen LogP contribution in [0.1, 0.15) is 17.9 Å². The van der Waals surface area contributed by atoms with Crippen LogP contribution in [-0.4, -0.2) is 41.2 Å². The molecule has 1 atom stereocenters. The van der Waals surface area contributed by atoms with Gasteiger partial charge in [-0.3, -0.25) is 9.37 Å². The molecule has 1 saturated heterocycles. The molecule has 1 aromatic carbocycles. The fraction of sp³-hybridized carbons (Fsp3) is 0.364. The first kappa shape index (κ1) is 17.9. The molecule has 3 aromatic rings. The van der Waals surface area contributed by atoms with Crippen molar-refractivity contribution < 1.29 is 8.81 Å². The number of hydrogen-bond acceptors (Lipinski definition) is 4. The lowest BCUT2D eigenvalue weighted by atomic mass is 10.1. The molecule has 0 spiro atoms. The van der Waals surface area contributed by atoms with Crippen molar-refractivity contribution in [3.8, 4) is 22.7 Å². The minimum atomic E-state index is -0.212. The van der Waals surface area contributed by atoms with Crippen molar-refractivity contribution in [1.29, 1.82) is 0 Å². The summed E-state index contributed by atoms with van der Waals surface area (Å²) < 4.78 is 18.8. The monoisotopic (exact) mass is 365 g/mol. The Morgan fingerprint density at radius 2 is 1.96 bits per heavy atom. The molecule has 0 radical (unpaired) electrons. The number of nitrogens with zero attached hydrogens (tertiary/aromatic N) is 3. The number of rotatable bonds is 6. The highest BCUT2D eigenvalue weighted by Gasteiger charge is 2.22. The molecule has 3 heterocycles. The van der Waals surface area contributed by atoms with Crippen LogP contribution >= 0.6 is 0 Å². The van der Waals surface area contributed by atoms with Gasteiger partial charge in [0.1, 0.15) is 5.76 Å². The molecular formula is C22H24FN3O. The van der Waals surface area contributed by atoms with Gasteiger partial charge in [0.25, 0.3) is 0 Å². The fourth-order valence-electron chi connectivity index (χ4n) is 3.60. The Morgan fingerprint density at radius 1 is 1.15 bits per heavy atom. The van der Waals surface area contributed by atoms with Gasteiger partial charge in [0, 0.05) is 42.8 Å². The van der Waals surface area contributed by atoms with Crippen molar-refractivity contribution >= 4 is 0 Å². The minimum Gasteiger partial charge on any atom is -0.441 e. The summed E-state index contributed by atoms with van der Waals surface area (Å²) in [5, 5.41) is 0. The first-order valence-electron chi connectivity index (χ1n) is 9.49. The number of pyridine rings is 1. The Balaban J connectivity index is 1.43. The molecule has 4 nitrogen and oxygen atoms in total. The smallest absolute Gasteiger partial charge is 0.226 e. The molecule has 5 heteroatoms. The van der Waals surface area contributed by atoms with Crippen molar-refractivity contribution in [2.24, 2.45) is 5.92 Å². The highest BCUT2D eigenvalue weighted by atomic mass is 19.1. The van der Waals surface area contributed by atoms with Gasteiger partial charge in [-0.1, -0.05) is 18.2 Å². The van der Waals surface area contributed by atoms with E-state index in [1.807, 2.05) is 49.4 Å². The Hall–Kier alpha value is -2.53. The third kappa shape index (κ3) is 4.08. The molecule has 0 bridgehead atoms. The van der Waals surface area contributed by atoms with E-state index in [1.54, 1.807) is 6.20 Å². The lowest BCUT2D eigenvalue weighted by Crippen LogP contribution is -2.23. The van der Waals surface area contributed by atoms with E-state index in [4.69, 9.17) is 4.42 Å². The molecule has 0 amide bonds. The maximum atomic E-state index is 12.8. The summed E-state index contributed by atoms with van der Waals surface area (Å²) in [6, 6.07) is 14.0. The number of aromatic nitrogens is 2. The van der Waals surface area contributed by atoms with Crippen LogP contribution in [0.4, 0.5) is 4.39 Å². The molecule has 2 aromatic heterocycles. The number of hydrogen-bond donors (Lipinski definition) is 0. The average molecular weight is 365 g/mol. The second-order valence-electron chi connectivity index (χ2n) is 7.18. The van der Waals surface area contributed by atoms with Crippen molar-refractivity contribution in [2.45, 2.75) is 19.8 Å². The lowest BCUT2D eigenvalue weighted by molar-refractivity contribution is 0.299. The second-order valence-corrected chi connectivity index (χ2v) is 7.18. The third-order valence-corrected chi connectivity index (χ3v) is 5.23. The summed E-state index contributed by atoms with van der Waals surface area (Å²) in [5.74, 6) is 1.77. The summed E-state index contributed by atoms with van der Waals surface area (Å²) in [7, 11) is 0. The zero-order chi connectivity index (χ0) is 18.6. The maximum absolute atomic E-state index is 12.8. The molecule has 140 valence electrons. The largest absolute Gasteiger partial charge is 0.441 e. The predicted octanol–water partition coefficient (Wildman–Crippen LogP) is 4.55. The van der Waals surface area contributed by atoms with E-state index in [1.165, 1.54) is 0 Å². The van der Waals surface area contributed by atoms with Crippen LogP contribution in [0.5, 0.6) is 0 Å². The maximum Gasteiger partial charge on any atom is 0.226 e. The molecule has 1 fully saturated rings. The van der Waals surface area contributed by atoms with Gasteiger partial charge in [0.05, 0.1) is 18.1 Å². The van der Waals surface area contributed by atoms with Crippen LogP contribution in [0.3, 0.4) is 0 Å². The van der Waals surface area contributed by atoms with Crippen molar-refractivity contribution in [1.82, 2.24) is 14.9 Å². The van der Waals surface area contributed by atoms with E-state index in [0.29, 0.717) is 5.89 Å². The highest BCUT2D eigenvalue weighted by Crippen LogP contribution is 2.26. The summed E-state index contributed by atoms with van der Waals surface area (Å²) in [4.78, 5) is 11.3. The zero-order valence-corrected chi connectivity index (χ0v) is 15.6. The normalized spacial score (nSPS) is 17.5. The Labute approximate surface area is 159 Å². The Bertz CT molecular complexity index is 876. The van der Waals surface area contributed by atoms with E-state index in [2.05, 4.69) is 14.9 Å². The molecule has 1 aliphatic rings. The number of oxazole rings is 1. The van der Waals surface area contributed by atoms with Crippen LogP contribution in [0.2, 0.25) is 0 Å². The van der Waals surface area contributed by atoms with Crippen LogP contribution in [-0.2, 0) is 6.42 Å². The predicted molar refractivity (Wildman–Crippen MR) is 104 cm³/mol. The number of benzene rings is 1. The SMILES string of the molecule is Cc1nc(-c2ccc(-c3ccccn3)cc2)oc1CCN1CC[C@@H](CF)C1. The third-order valence-electron chi connectivity index (χ3n) is 5.23. The molecule has 0 unspecified atom stereocenters. The molecule has 1 aliphatic heterocycles. The van der Waals surface area contributed by atoms with Gasteiger partial charge in [-0.25, -0.2) is 4.98 Å². The van der Waals surface area contributed by atoms with Gasteiger partial charge >= 0.3 is 0 Å². The minimum absolute atomic E-state index is 0.203. The van der Waals surface area contributed by atoms with Crippen molar-refractivity contribution in [3.63, 3.8) is 0 Å². The Morgan fingerprint density at radius 3 is 2.67 bits per heavy atom. The number of halogens is 1. The van der Waals surface area contributed by atoms with Crippen LogP contribution in [0.15, 0.2) is 53.1 Å². The Kier molecular flexibility index (Phi) is 5.30. The first-order chi connectivity index (χ1) is 13.2. The summed E-state index contributed by atoms with van der Waals surface area (Å²) >= 11 is 0. The van der Waals surface area contributed by atoms with E-state index >= 15 is 0 Å². The zero-order valence-electron chi connectivity index (χ0n) is 15.6. The quantitative estimate of drug-likeness (QED) is 0.643. The first-order valence-corrected chi connectivity index (χ1v) is 9.49. The van der Waals surface area contributed by atoms with Crippen LogP contribution in [0.25, 0.3) is 22.7 Å². The van der Waals surface area contributed by atoms with Crippen molar-refractivity contribution in [3.05, 3.63) is 60.1 Å². The standard InChI is InChI=1S/C22H24FN3O/c1-16-21(10-13-26-12-9-17(14-23)15-26)27-22(25-16)19-7-5-18(6-8-19)20-4-2-3-11-24-20/h2-8,11,17H,9-10,12-15H2,1H3/t17-/m0/s1. The van der Waals surface area contributed by atoms with Gasteiger partial charge < -0.3 is 9.32 Å². The molecule has 0 aliphatic carbocycles. The van der Waals surface area contributed by atoms with E-state index in [9.17, 15) is 4.39 Å². The van der Waals surface area contributed by atoms with Gasteiger partial charge in [0.15, 0.2) is 0 Å². The van der Waals surface area contributed by atoms with Crippen molar-refractivity contribution in [2.75, 3.05) is 26.3 Å². The van der Waals surface area contributed by atoms with Crippen LogP contribution in [0, 0.1) is 12.8 Å².